The lowest BCUT2D eigenvalue weighted by molar-refractivity contribution is -0.142. The highest BCUT2D eigenvalue weighted by atomic mass is 35.5. The molecule has 3 rings (SSSR count). The van der Waals surface area contributed by atoms with Crippen LogP contribution in [0.2, 0.25) is 10.0 Å². The van der Waals surface area contributed by atoms with Gasteiger partial charge >= 0.3 is 0 Å². The Balaban J connectivity index is 1.89. The van der Waals surface area contributed by atoms with Crippen molar-refractivity contribution in [3.63, 3.8) is 0 Å². The minimum atomic E-state index is -0.746. The van der Waals surface area contributed by atoms with E-state index in [0.29, 0.717) is 34.3 Å². The fourth-order valence-corrected chi connectivity index (χ4v) is 4.41. The van der Waals surface area contributed by atoms with Crippen LogP contribution in [0.5, 0.6) is 5.75 Å². The standard InChI is InChI=1S/C30H34Cl2N2O3/c1-3-5-17-33-30(36)28(18-23-9-7-6-8-10-23)34(20-24-13-14-25(31)19-27(24)32)29(35)21-37-26-15-11-22(4-2)12-16-26/h6-16,19,28H,3-5,17-18,20-21H2,1-2H3,(H,33,36). The molecule has 0 heterocycles. The van der Waals surface area contributed by atoms with E-state index in [0.717, 1.165) is 24.8 Å². The molecule has 196 valence electrons. The Morgan fingerprint density at radius 3 is 2.32 bits per heavy atom. The zero-order valence-corrected chi connectivity index (χ0v) is 22.9. The first-order valence-electron chi connectivity index (χ1n) is 12.7. The third kappa shape index (κ3) is 8.80. The normalized spacial score (nSPS) is 11.6. The SMILES string of the molecule is CCCCNC(=O)C(Cc1ccccc1)N(Cc1ccc(Cl)cc1Cl)C(=O)COc1ccc(CC)cc1. The van der Waals surface area contributed by atoms with Crippen LogP contribution < -0.4 is 10.1 Å². The number of carbonyl (C=O) groups excluding carboxylic acids is 2. The van der Waals surface area contributed by atoms with E-state index >= 15 is 0 Å². The molecule has 1 atom stereocenters. The Labute approximate surface area is 229 Å². The average Bonchev–Trinajstić information content (AvgIpc) is 2.91. The van der Waals surface area contributed by atoms with E-state index in [-0.39, 0.29) is 25.0 Å². The van der Waals surface area contributed by atoms with Gasteiger partial charge in [0.25, 0.3) is 5.91 Å². The lowest BCUT2D eigenvalue weighted by Crippen LogP contribution is -2.51. The van der Waals surface area contributed by atoms with E-state index in [1.165, 1.54) is 5.56 Å². The monoisotopic (exact) mass is 540 g/mol. The van der Waals surface area contributed by atoms with E-state index in [4.69, 9.17) is 27.9 Å². The van der Waals surface area contributed by atoms with Crippen LogP contribution in [0.25, 0.3) is 0 Å². The van der Waals surface area contributed by atoms with Gasteiger partial charge in [0.2, 0.25) is 5.91 Å². The van der Waals surface area contributed by atoms with E-state index in [2.05, 4.69) is 19.2 Å². The lowest BCUT2D eigenvalue weighted by atomic mass is 10.0. The number of aryl methyl sites for hydroxylation is 1. The van der Waals surface area contributed by atoms with Gasteiger partial charge in [0.1, 0.15) is 11.8 Å². The van der Waals surface area contributed by atoms with Crippen molar-refractivity contribution in [1.82, 2.24) is 10.2 Å². The molecule has 0 bridgehead atoms. The molecule has 0 aliphatic rings. The number of carbonyl (C=O) groups is 2. The number of hydrogen-bond acceptors (Lipinski definition) is 3. The Kier molecular flexibility index (Phi) is 11.3. The quantitative estimate of drug-likeness (QED) is 0.252. The maximum Gasteiger partial charge on any atom is 0.261 e. The number of unbranched alkanes of at least 4 members (excludes halogenated alkanes) is 1. The van der Waals surface area contributed by atoms with Gasteiger partial charge in [-0.15, -0.1) is 0 Å². The highest BCUT2D eigenvalue weighted by Crippen LogP contribution is 2.24. The highest BCUT2D eigenvalue weighted by Gasteiger charge is 2.31. The molecule has 2 amide bonds. The zero-order valence-electron chi connectivity index (χ0n) is 21.4. The van der Waals surface area contributed by atoms with Crippen LogP contribution in [0, 0.1) is 0 Å². The minimum absolute atomic E-state index is 0.145. The van der Waals surface area contributed by atoms with Gasteiger partial charge in [-0.25, -0.2) is 0 Å². The number of ether oxygens (including phenoxy) is 1. The van der Waals surface area contributed by atoms with Gasteiger partial charge in [0.15, 0.2) is 6.61 Å². The third-order valence-corrected chi connectivity index (χ3v) is 6.74. The second-order valence-corrected chi connectivity index (χ2v) is 9.74. The van der Waals surface area contributed by atoms with Gasteiger partial charge in [-0.2, -0.15) is 0 Å². The van der Waals surface area contributed by atoms with Gasteiger partial charge in [-0.3, -0.25) is 9.59 Å². The van der Waals surface area contributed by atoms with Crippen molar-refractivity contribution in [3.05, 3.63) is 99.5 Å². The van der Waals surface area contributed by atoms with Gasteiger partial charge in [-0.05, 0) is 53.8 Å². The summed E-state index contributed by atoms with van der Waals surface area (Å²) >= 11 is 12.6. The number of halogens is 2. The Hall–Kier alpha value is -3.02. The van der Waals surface area contributed by atoms with Crippen LogP contribution in [0.15, 0.2) is 72.8 Å². The summed E-state index contributed by atoms with van der Waals surface area (Å²) in [6, 6.07) is 21.7. The Bertz CT molecular complexity index is 1150. The van der Waals surface area contributed by atoms with E-state index in [1.807, 2.05) is 54.6 Å². The molecule has 0 saturated carbocycles. The van der Waals surface area contributed by atoms with Gasteiger partial charge in [0, 0.05) is 29.6 Å². The maximum atomic E-state index is 13.6. The van der Waals surface area contributed by atoms with Crippen molar-refractivity contribution in [3.8, 4) is 5.75 Å². The maximum absolute atomic E-state index is 13.6. The topological polar surface area (TPSA) is 58.6 Å². The molecule has 1 N–H and O–H groups in total. The molecule has 0 saturated heterocycles. The van der Waals surface area contributed by atoms with Crippen LogP contribution >= 0.6 is 23.2 Å². The van der Waals surface area contributed by atoms with E-state index < -0.39 is 6.04 Å². The summed E-state index contributed by atoms with van der Waals surface area (Å²) in [6.07, 6.45) is 3.10. The Morgan fingerprint density at radius 1 is 0.946 bits per heavy atom. The molecule has 0 aliphatic heterocycles. The lowest BCUT2D eigenvalue weighted by Gasteiger charge is -2.31. The van der Waals surface area contributed by atoms with Crippen LogP contribution in [0.3, 0.4) is 0 Å². The molecule has 0 spiro atoms. The third-order valence-electron chi connectivity index (χ3n) is 6.15. The van der Waals surface area contributed by atoms with Crippen molar-refractivity contribution in [2.45, 2.75) is 52.1 Å². The fraction of sp³-hybridized carbons (Fsp3) is 0.333. The summed E-state index contributed by atoms with van der Waals surface area (Å²) in [5, 5.41) is 3.95. The molecule has 5 nitrogen and oxygen atoms in total. The van der Waals surface area contributed by atoms with Crippen molar-refractivity contribution in [1.29, 1.82) is 0 Å². The molecule has 0 radical (unpaired) electrons. The molecular weight excluding hydrogens is 507 g/mol. The number of benzene rings is 3. The molecule has 1 unspecified atom stereocenters. The second-order valence-electron chi connectivity index (χ2n) is 8.89. The first-order chi connectivity index (χ1) is 17.9. The first kappa shape index (κ1) is 28.5. The average molecular weight is 542 g/mol. The molecule has 3 aromatic carbocycles. The predicted molar refractivity (Wildman–Crippen MR) is 150 cm³/mol. The van der Waals surface area contributed by atoms with Crippen LogP contribution in [-0.4, -0.2) is 35.9 Å². The predicted octanol–water partition coefficient (Wildman–Crippen LogP) is 6.49. The fourth-order valence-electron chi connectivity index (χ4n) is 3.94. The van der Waals surface area contributed by atoms with Crippen molar-refractivity contribution >= 4 is 35.0 Å². The smallest absolute Gasteiger partial charge is 0.261 e. The summed E-state index contributed by atoms with van der Waals surface area (Å²) in [6.45, 7) is 4.63. The van der Waals surface area contributed by atoms with Gasteiger partial charge in [0.05, 0.1) is 0 Å². The summed E-state index contributed by atoms with van der Waals surface area (Å²) in [7, 11) is 0. The number of rotatable bonds is 13. The summed E-state index contributed by atoms with van der Waals surface area (Å²) in [4.78, 5) is 28.6. The van der Waals surface area contributed by atoms with Crippen LogP contribution in [-0.2, 0) is 29.0 Å². The van der Waals surface area contributed by atoms with Crippen LogP contribution in [0.1, 0.15) is 43.4 Å². The molecule has 7 heteroatoms. The number of nitrogens with zero attached hydrogens (tertiary/aromatic N) is 1. The highest BCUT2D eigenvalue weighted by molar-refractivity contribution is 6.35. The summed E-state index contributed by atoms with van der Waals surface area (Å²) in [5.41, 5.74) is 2.84. The molecule has 0 aliphatic carbocycles. The number of nitrogens with one attached hydrogen (secondary N) is 1. The number of hydrogen-bond donors (Lipinski definition) is 1. The van der Waals surface area contributed by atoms with Crippen molar-refractivity contribution < 1.29 is 14.3 Å². The van der Waals surface area contributed by atoms with E-state index in [9.17, 15) is 9.59 Å². The molecule has 37 heavy (non-hydrogen) atoms. The van der Waals surface area contributed by atoms with Crippen molar-refractivity contribution in [2.75, 3.05) is 13.2 Å². The van der Waals surface area contributed by atoms with E-state index in [1.54, 1.807) is 23.1 Å². The summed E-state index contributed by atoms with van der Waals surface area (Å²) in [5.74, 6) is 0.0854. The van der Waals surface area contributed by atoms with Crippen LogP contribution in [0.4, 0.5) is 0 Å². The molecule has 3 aromatic rings. The zero-order chi connectivity index (χ0) is 26.6. The van der Waals surface area contributed by atoms with Gasteiger partial charge < -0.3 is 15.0 Å². The Morgan fingerprint density at radius 2 is 1.68 bits per heavy atom. The number of amides is 2. The van der Waals surface area contributed by atoms with Crippen molar-refractivity contribution in [2.24, 2.45) is 0 Å². The molecule has 0 aromatic heterocycles. The first-order valence-corrected chi connectivity index (χ1v) is 13.4. The van der Waals surface area contributed by atoms with Gasteiger partial charge in [-0.1, -0.05) is 92.0 Å². The minimum Gasteiger partial charge on any atom is -0.484 e. The molecular formula is C30H34Cl2N2O3. The largest absolute Gasteiger partial charge is 0.484 e. The summed E-state index contributed by atoms with van der Waals surface area (Å²) < 4.78 is 5.84. The molecule has 0 fully saturated rings. The second kappa shape index (κ2) is 14.7.